The van der Waals surface area contributed by atoms with Crippen molar-refractivity contribution in [1.82, 2.24) is 15.5 Å². The highest BCUT2D eigenvalue weighted by molar-refractivity contribution is 9.10. The maximum Gasteiger partial charge on any atom is 0.413 e. The Labute approximate surface area is 99.9 Å². The zero-order chi connectivity index (χ0) is 11.3. The molecule has 0 radical (unpaired) electrons. The van der Waals surface area contributed by atoms with Crippen molar-refractivity contribution in [3.63, 3.8) is 0 Å². The number of hydrogen-bond donors (Lipinski definition) is 3. The largest absolute Gasteiger partial charge is 0.450 e. The van der Waals surface area contributed by atoms with Crippen LogP contribution in [0.25, 0.3) is 0 Å². The first-order valence-electron chi connectivity index (χ1n) is 4.07. The number of nitrogens with one attached hydrogen (secondary N) is 3. The Bertz CT molecular complexity index is 368. The molecule has 0 saturated heterocycles. The normalized spacial score (nSPS) is 9.47. The van der Waals surface area contributed by atoms with Crippen LogP contribution in [0.4, 0.5) is 10.6 Å². The van der Waals surface area contributed by atoms with Gasteiger partial charge in [0.15, 0.2) is 5.11 Å². The van der Waals surface area contributed by atoms with E-state index in [2.05, 4.69) is 41.5 Å². The topological polar surface area (TPSA) is 79.0 Å². The van der Waals surface area contributed by atoms with E-state index >= 15 is 0 Å². The summed E-state index contributed by atoms with van der Waals surface area (Å²) in [7, 11) is 0. The fourth-order valence-corrected chi connectivity index (χ4v) is 1.24. The van der Waals surface area contributed by atoms with Crippen LogP contribution in [0.5, 0.6) is 0 Å². The van der Waals surface area contributed by atoms with Gasteiger partial charge in [0.2, 0.25) is 0 Å². The van der Waals surface area contributed by atoms with Crippen molar-refractivity contribution in [2.75, 3.05) is 11.9 Å². The molecule has 1 amide bonds. The molecule has 1 aromatic heterocycles. The molecule has 0 bridgehead atoms. The lowest BCUT2D eigenvalue weighted by molar-refractivity contribution is 0.158. The van der Waals surface area contributed by atoms with Crippen molar-refractivity contribution >= 4 is 45.2 Å². The molecule has 8 heteroatoms. The van der Waals surface area contributed by atoms with E-state index in [0.29, 0.717) is 12.4 Å². The number of carbonyl (C=O) groups excluding carboxylic acids is 1. The summed E-state index contributed by atoms with van der Waals surface area (Å²) in [5.41, 5.74) is 0. The molecule has 6 nitrogen and oxygen atoms in total. The van der Waals surface area contributed by atoms with Gasteiger partial charge in [-0.2, -0.15) is 5.10 Å². The number of H-pyrrole nitrogens is 1. The summed E-state index contributed by atoms with van der Waals surface area (Å²) in [5.74, 6) is 0.566. The Morgan fingerprint density at radius 2 is 2.53 bits per heavy atom. The van der Waals surface area contributed by atoms with E-state index < -0.39 is 6.09 Å². The Morgan fingerprint density at radius 1 is 1.80 bits per heavy atom. The van der Waals surface area contributed by atoms with Crippen LogP contribution in [0.1, 0.15) is 6.92 Å². The second-order valence-corrected chi connectivity index (χ2v) is 3.66. The molecule has 0 aliphatic rings. The maximum absolute atomic E-state index is 11.0. The summed E-state index contributed by atoms with van der Waals surface area (Å²) in [5, 5.41) is 11.6. The van der Waals surface area contributed by atoms with Crippen molar-refractivity contribution in [3.05, 3.63) is 10.7 Å². The molecule has 0 fully saturated rings. The van der Waals surface area contributed by atoms with E-state index in [0.717, 1.165) is 4.47 Å². The quantitative estimate of drug-likeness (QED) is 0.722. The second kappa shape index (κ2) is 5.66. The fraction of sp³-hybridized carbons (Fsp3) is 0.286. The monoisotopic (exact) mass is 292 g/mol. The number of hydrogen-bond acceptors (Lipinski definition) is 4. The van der Waals surface area contributed by atoms with Gasteiger partial charge in [0.05, 0.1) is 17.3 Å². The highest BCUT2D eigenvalue weighted by Crippen LogP contribution is 2.17. The molecule has 1 rings (SSSR count). The molecular formula is C7H9BrN4O2S. The summed E-state index contributed by atoms with van der Waals surface area (Å²) in [6.07, 6.45) is 0.973. The van der Waals surface area contributed by atoms with Crippen molar-refractivity contribution < 1.29 is 9.53 Å². The first-order valence-corrected chi connectivity index (χ1v) is 5.27. The molecule has 0 aromatic carbocycles. The summed E-state index contributed by atoms with van der Waals surface area (Å²) in [6.45, 7) is 2.00. The molecular weight excluding hydrogens is 284 g/mol. The average molecular weight is 293 g/mol. The fourth-order valence-electron chi connectivity index (χ4n) is 0.764. The lowest BCUT2D eigenvalue weighted by atomic mass is 10.6. The van der Waals surface area contributed by atoms with Crippen molar-refractivity contribution in [3.8, 4) is 0 Å². The first kappa shape index (κ1) is 11.9. The minimum absolute atomic E-state index is 0.137. The van der Waals surface area contributed by atoms with Crippen LogP contribution in [-0.2, 0) is 4.74 Å². The Kier molecular flexibility index (Phi) is 4.50. The summed E-state index contributed by atoms with van der Waals surface area (Å²) in [4.78, 5) is 11.0. The molecule has 15 heavy (non-hydrogen) atoms. The zero-order valence-corrected chi connectivity index (χ0v) is 10.2. The van der Waals surface area contributed by atoms with E-state index in [1.54, 1.807) is 13.1 Å². The van der Waals surface area contributed by atoms with Crippen LogP contribution in [0.15, 0.2) is 10.7 Å². The Morgan fingerprint density at radius 3 is 3.07 bits per heavy atom. The highest BCUT2D eigenvalue weighted by Gasteiger charge is 2.07. The zero-order valence-electron chi connectivity index (χ0n) is 7.83. The van der Waals surface area contributed by atoms with Gasteiger partial charge in [0.25, 0.3) is 0 Å². The van der Waals surface area contributed by atoms with Crippen LogP contribution in [-0.4, -0.2) is 28.0 Å². The summed E-state index contributed by atoms with van der Waals surface area (Å²) in [6, 6.07) is 0. The average Bonchev–Trinajstić information content (AvgIpc) is 2.52. The number of anilines is 1. The number of alkyl carbamates (subject to hydrolysis) is 1. The van der Waals surface area contributed by atoms with Crippen molar-refractivity contribution in [1.29, 1.82) is 0 Å². The molecule has 0 atom stereocenters. The van der Waals surface area contributed by atoms with Crippen molar-refractivity contribution in [2.24, 2.45) is 0 Å². The van der Waals surface area contributed by atoms with Gasteiger partial charge in [-0.25, -0.2) is 4.79 Å². The van der Waals surface area contributed by atoms with E-state index in [9.17, 15) is 4.79 Å². The van der Waals surface area contributed by atoms with Gasteiger partial charge in [-0.1, -0.05) is 0 Å². The standard InChI is InChI=1S/C7H9BrN4O2S/c1-2-14-7(13)11-6(15)10-5-4(8)3-9-12-5/h3H,2H2,1H3,(H3,9,10,11,12,13,15). The smallest absolute Gasteiger partial charge is 0.413 e. The van der Waals surface area contributed by atoms with Crippen LogP contribution in [0.2, 0.25) is 0 Å². The maximum atomic E-state index is 11.0. The number of aromatic nitrogens is 2. The van der Waals surface area contributed by atoms with Gasteiger partial charge in [-0.05, 0) is 35.1 Å². The Balaban J connectivity index is 2.43. The van der Waals surface area contributed by atoms with E-state index in [4.69, 9.17) is 12.2 Å². The van der Waals surface area contributed by atoms with Crippen LogP contribution < -0.4 is 10.6 Å². The predicted molar refractivity (Wildman–Crippen MR) is 62.7 cm³/mol. The van der Waals surface area contributed by atoms with Gasteiger partial charge in [0.1, 0.15) is 5.82 Å². The number of amides is 1. The third-order valence-electron chi connectivity index (χ3n) is 1.32. The van der Waals surface area contributed by atoms with E-state index in [-0.39, 0.29) is 5.11 Å². The SMILES string of the molecule is CCOC(=O)NC(=S)Nc1[nH]ncc1Br. The third kappa shape index (κ3) is 3.84. The number of nitrogens with zero attached hydrogens (tertiary/aromatic N) is 1. The van der Waals surface area contributed by atoms with Crippen LogP contribution in [0.3, 0.4) is 0 Å². The van der Waals surface area contributed by atoms with Gasteiger partial charge in [-0.3, -0.25) is 10.4 Å². The summed E-state index contributed by atoms with van der Waals surface area (Å²) < 4.78 is 5.36. The number of halogens is 1. The lowest BCUT2D eigenvalue weighted by Gasteiger charge is -2.07. The van der Waals surface area contributed by atoms with Gasteiger partial charge in [0, 0.05) is 0 Å². The molecule has 0 spiro atoms. The molecule has 0 aliphatic carbocycles. The number of ether oxygens (including phenoxy) is 1. The Hall–Kier alpha value is -1.15. The molecule has 0 saturated carbocycles. The van der Waals surface area contributed by atoms with Gasteiger partial charge < -0.3 is 10.1 Å². The summed E-state index contributed by atoms with van der Waals surface area (Å²) >= 11 is 8.09. The second-order valence-electron chi connectivity index (χ2n) is 2.39. The van der Waals surface area contributed by atoms with Crippen molar-refractivity contribution in [2.45, 2.75) is 6.92 Å². The first-order chi connectivity index (χ1) is 7.13. The molecule has 0 aliphatic heterocycles. The predicted octanol–water partition coefficient (Wildman–Crippen LogP) is 1.62. The van der Waals surface area contributed by atoms with Gasteiger partial charge >= 0.3 is 6.09 Å². The minimum Gasteiger partial charge on any atom is -0.450 e. The molecule has 1 aromatic rings. The van der Waals surface area contributed by atoms with Crippen LogP contribution >= 0.6 is 28.1 Å². The molecule has 3 N–H and O–H groups in total. The molecule has 0 unspecified atom stereocenters. The van der Waals surface area contributed by atoms with Crippen LogP contribution in [0, 0.1) is 0 Å². The highest BCUT2D eigenvalue weighted by atomic mass is 79.9. The lowest BCUT2D eigenvalue weighted by Crippen LogP contribution is -2.34. The van der Waals surface area contributed by atoms with E-state index in [1.807, 2.05) is 0 Å². The van der Waals surface area contributed by atoms with Gasteiger partial charge in [-0.15, -0.1) is 0 Å². The molecule has 1 heterocycles. The number of aromatic amines is 1. The number of carbonyl (C=O) groups is 1. The molecule has 82 valence electrons. The number of rotatable bonds is 2. The minimum atomic E-state index is -0.592. The third-order valence-corrected chi connectivity index (χ3v) is 2.13. The van der Waals surface area contributed by atoms with E-state index in [1.165, 1.54) is 0 Å². The number of thiocarbonyl (C=S) groups is 1.